The summed E-state index contributed by atoms with van der Waals surface area (Å²) >= 11 is 0. The Morgan fingerprint density at radius 3 is 2.68 bits per heavy atom. The SMILES string of the molecule is CC(C)C(CC(=O)O)Nc1ccc2ccccc2n1. The summed E-state index contributed by atoms with van der Waals surface area (Å²) in [7, 11) is 0. The lowest BCUT2D eigenvalue weighted by atomic mass is 10.0. The quantitative estimate of drug-likeness (QED) is 0.864. The second kappa shape index (κ2) is 5.69. The highest BCUT2D eigenvalue weighted by molar-refractivity contribution is 5.80. The summed E-state index contributed by atoms with van der Waals surface area (Å²) < 4.78 is 0. The maximum atomic E-state index is 10.9. The number of carboxylic acid groups (broad SMARTS) is 1. The number of rotatable bonds is 5. The number of nitrogens with zero attached hydrogens (tertiary/aromatic N) is 1. The number of hydrogen-bond acceptors (Lipinski definition) is 3. The Labute approximate surface area is 112 Å². The Bertz CT molecular complexity index is 581. The number of carbonyl (C=O) groups is 1. The molecule has 0 amide bonds. The van der Waals surface area contributed by atoms with Gasteiger partial charge in [0, 0.05) is 11.4 Å². The van der Waals surface area contributed by atoms with E-state index in [9.17, 15) is 4.79 Å². The van der Waals surface area contributed by atoms with Crippen molar-refractivity contribution < 1.29 is 9.90 Å². The van der Waals surface area contributed by atoms with E-state index in [1.54, 1.807) is 0 Å². The highest BCUT2D eigenvalue weighted by atomic mass is 16.4. The van der Waals surface area contributed by atoms with E-state index in [1.165, 1.54) is 0 Å². The van der Waals surface area contributed by atoms with Crippen molar-refractivity contribution in [1.29, 1.82) is 0 Å². The third-order valence-corrected chi connectivity index (χ3v) is 3.13. The van der Waals surface area contributed by atoms with Gasteiger partial charge < -0.3 is 10.4 Å². The molecule has 19 heavy (non-hydrogen) atoms. The molecule has 0 aliphatic rings. The first-order chi connectivity index (χ1) is 9.06. The zero-order valence-electron chi connectivity index (χ0n) is 11.1. The molecule has 0 saturated heterocycles. The molecule has 0 bridgehead atoms. The molecule has 4 heteroatoms. The molecule has 0 aliphatic carbocycles. The minimum Gasteiger partial charge on any atom is -0.481 e. The summed E-state index contributed by atoms with van der Waals surface area (Å²) in [5.41, 5.74) is 0.908. The number of aliphatic carboxylic acids is 1. The molecule has 0 radical (unpaired) electrons. The Kier molecular flexibility index (Phi) is 4.00. The first-order valence-corrected chi connectivity index (χ1v) is 6.40. The van der Waals surface area contributed by atoms with Gasteiger partial charge in [0.15, 0.2) is 0 Å². The number of anilines is 1. The number of pyridine rings is 1. The molecule has 2 aromatic rings. The van der Waals surface area contributed by atoms with E-state index in [0.717, 1.165) is 16.7 Å². The average Bonchev–Trinajstić information content (AvgIpc) is 2.37. The largest absolute Gasteiger partial charge is 0.481 e. The van der Waals surface area contributed by atoms with Gasteiger partial charge in [0.1, 0.15) is 5.82 Å². The van der Waals surface area contributed by atoms with Gasteiger partial charge in [0.25, 0.3) is 0 Å². The lowest BCUT2D eigenvalue weighted by Crippen LogP contribution is -2.28. The lowest BCUT2D eigenvalue weighted by Gasteiger charge is -2.21. The number of hydrogen-bond donors (Lipinski definition) is 2. The molecule has 100 valence electrons. The maximum Gasteiger partial charge on any atom is 0.305 e. The molecule has 0 fully saturated rings. The van der Waals surface area contributed by atoms with Crippen molar-refractivity contribution in [2.45, 2.75) is 26.3 Å². The van der Waals surface area contributed by atoms with Gasteiger partial charge in [-0.15, -0.1) is 0 Å². The van der Waals surface area contributed by atoms with Crippen molar-refractivity contribution >= 4 is 22.7 Å². The van der Waals surface area contributed by atoms with Crippen LogP contribution in [0.5, 0.6) is 0 Å². The first kappa shape index (κ1) is 13.3. The molecule has 0 saturated carbocycles. The normalized spacial score (nSPS) is 12.6. The van der Waals surface area contributed by atoms with E-state index >= 15 is 0 Å². The zero-order chi connectivity index (χ0) is 13.8. The summed E-state index contributed by atoms with van der Waals surface area (Å²) in [5.74, 6) is 0.148. The van der Waals surface area contributed by atoms with Gasteiger partial charge in [-0.05, 0) is 24.1 Å². The number of para-hydroxylation sites is 1. The maximum absolute atomic E-state index is 10.9. The van der Waals surface area contributed by atoms with Crippen LogP contribution in [-0.2, 0) is 4.79 Å². The van der Waals surface area contributed by atoms with Crippen LogP contribution in [0.1, 0.15) is 20.3 Å². The topological polar surface area (TPSA) is 62.2 Å². The Balaban J connectivity index is 2.21. The van der Waals surface area contributed by atoms with Gasteiger partial charge >= 0.3 is 5.97 Å². The second-order valence-corrected chi connectivity index (χ2v) is 4.98. The fourth-order valence-corrected chi connectivity index (χ4v) is 1.98. The van der Waals surface area contributed by atoms with E-state index < -0.39 is 5.97 Å². The highest BCUT2D eigenvalue weighted by Crippen LogP contribution is 2.18. The first-order valence-electron chi connectivity index (χ1n) is 6.40. The van der Waals surface area contributed by atoms with Crippen molar-refractivity contribution in [2.24, 2.45) is 5.92 Å². The van der Waals surface area contributed by atoms with E-state index in [1.807, 2.05) is 50.2 Å². The Hall–Kier alpha value is -2.10. The highest BCUT2D eigenvalue weighted by Gasteiger charge is 2.17. The van der Waals surface area contributed by atoms with E-state index in [-0.39, 0.29) is 18.4 Å². The molecule has 0 aliphatic heterocycles. The van der Waals surface area contributed by atoms with E-state index in [2.05, 4.69) is 10.3 Å². The second-order valence-electron chi connectivity index (χ2n) is 4.98. The lowest BCUT2D eigenvalue weighted by molar-refractivity contribution is -0.137. The molecule has 2 rings (SSSR count). The molecule has 1 aromatic heterocycles. The average molecular weight is 258 g/mol. The van der Waals surface area contributed by atoms with Crippen LogP contribution in [0.4, 0.5) is 5.82 Å². The van der Waals surface area contributed by atoms with E-state index in [0.29, 0.717) is 0 Å². The van der Waals surface area contributed by atoms with Crippen LogP contribution in [0.25, 0.3) is 10.9 Å². The summed E-state index contributed by atoms with van der Waals surface area (Å²) in [4.78, 5) is 15.4. The Morgan fingerprint density at radius 2 is 2.00 bits per heavy atom. The number of benzene rings is 1. The van der Waals surface area contributed by atoms with Gasteiger partial charge in [-0.3, -0.25) is 4.79 Å². The molecular weight excluding hydrogens is 240 g/mol. The van der Waals surface area contributed by atoms with Crippen LogP contribution >= 0.6 is 0 Å². The third kappa shape index (κ3) is 3.44. The van der Waals surface area contributed by atoms with Crippen molar-refractivity contribution in [3.8, 4) is 0 Å². The molecular formula is C15H18N2O2. The van der Waals surface area contributed by atoms with Gasteiger partial charge in [0.05, 0.1) is 11.9 Å². The summed E-state index contributed by atoms with van der Waals surface area (Å²) in [6.07, 6.45) is 0.0895. The summed E-state index contributed by atoms with van der Waals surface area (Å²) in [6.45, 7) is 4.00. The number of carboxylic acids is 1. The van der Waals surface area contributed by atoms with Crippen molar-refractivity contribution in [2.75, 3.05) is 5.32 Å². The van der Waals surface area contributed by atoms with E-state index in [4.69, 9.17) is 5.11 Å². The minimum absolute atomic E-state index is 0.0895. The fourth-order valence-electron chi connectivity index (χ4n) is 1.98. The van der Waals surface area contributed by atoms with Gasteiger partial charge in [-0.25, -0.2) is 4.98 Å². The monoisotopic (exact) mass is 258 g/mol. The van der Waals surface area contributed by atoms with Crippen LogP contribution in [0.2, 0.25) is 0 Å². The van der Waals surface area contributed by atoms with Crippen LogP contribution < -0.4 is 5.32 Å². The molecule has 1 heterocycles. The molecule has 1 unspecified atom stereocenters. The van der Waals surface area contributed by atoms with Crippen molar-refractivity contribution in [1.82, 2.24) is 4.98 Å². The minimum atomic E-state index is -0.799. The van der Waals surface area contributed by atoms with Gasteiger partial charge in [0.2, 0.25) is 0 Å². The zero-order valence-corrected chi connectivity index (χ0v) is 11.1. The van der Waals surface area contributed by atoms with Crippen molar-refractivity contribution in [3.05, 3.63) is 36.4 Å². The standard InChI is InChI=1S/C15H18N2O2/c1-10(2)13(9-15(18)19)17-14-8-7-11-5-3-4-6-12(11)16-14/h3-8,10,13H,9H2,1-2H3,(H,16,17)(H,18,19). The van der Waals surface area contributed by atoms with Crippen LogP contribution in [-0.4, -0.2) is 22.1 Å². The predicted molar refractivity (Wildman–Crippen MR) is 76.2 cm³/mol. The van der Waals surface area contributed by atoms with Crippen molar-refractivity contribution in [3.63, 3.8) is 0 Å². The molecule has 1 aromatic carbocycles. The summed E-state index contributed by atoms with van der Waals surface area (Å²) in [6, 6.07) is 11.6. The molecule has 1 atom stereocenters. The van der Waals surface area contributed by atoms with Crippen LogP contribution in [0.3, 0.4) is 0 Å². The van der Waals surface area contributed by atoms with Gasteiger partial charge in [-0.1, -0.05) is 32.0 Å². The smallest absolute Gasteiger partial charge is 0.305 e. The van der Waals surface area contributed by atoms with Crippen LogP contribution in [0.15, 0.2) is 36.4 Å². The Morgan fingerprint density at radius 1 is 1.26 bits per heavy atom. The summed E-state index contributed by atoms with van der Waals surface area (Å²) in [5, 5.41) is 13.2. The number of fused-ring (bicyclic) bond motifs is 1. The molecule has 2 N–H and O–H groups in total. The fraction of sp³-hybridized carbons (Fsp3) is 0.333. The number of nitrogens with one attached hydrogen (secondary N) is 1. The third-order valence-electron chi connectivity index (χ3n) is 3.13. The predicted octanol–water partition coefficient (Wildman–Crippen LogP) is 3.15. The van der Waals surface area contributed by atoms with Crippen LogP contribution in [0, 0.1) is 5.92 Å². The molecule has 4 nitrogen and oxygen atoms in total. The number of aromatic nitrogens is 1. The molecule has 0 spiro atoms. The van der Waals surface area contributed by atoms with Gasteiger partial charge in [-0.2, -0.15) is 0 Å².